The number of phenols is 1. The van der Waals surface area contributed by atoms with Crippen LogP contribution in [0.25, 0.3) is 0 Å². The van der Waals surface area contributed by atoms with Crippen molar-refractivity contribution in [3.05, 3.63) is 64.7 Å². The lowest BCUT2D eigenvalue weighted by atomic mass is 9.54. The second-order valence-electron chi connectivity index (χ2n) is 9.70. The van der Waals surface area contributed by atoms with Gasteiger partial charge in [-0.15, -0.1) is 0 Å². The highest BCUT2D eigenvalue weighted by Crippen LogP contribution is 2.61. The van der Waals surface area contributed by atoms with E-state index in [2.05, 4.69) is 37.3 Å². The molecule has 3 aliphatic rings. The topological polar surface area (TPSA) is 37.3 Å². The summed E-state index contributed by atoms with van der Waals surface area (Å²) in [7, 11) is 0. The summed E-state index contributed by atoms with van der Waals surface area (Å²) in [6.45, 7) is 2.07. The Labute approximate surface area is 178 Å². The van der Waals surface area contributed by atoms with Crippen molar-refractivity contribution in [1.82, 2.24) is 0 Å². The van der Waals surface area contributed by atoms with E-state index < -0.39 is 11.6 Å². The van der Waals surface area contributed by atoms with Gasteiger partial charge in [0.25, 0.3) is 0 Å². The van der Waals surface area contributed by atoms with E-state index in [9.17, 15) is 14.3 Å². The smallest absolute Gasteiger partial charge is 0.173 e. The predicted molar refractivity (Wildman–Crippen MR) is 116 cm³/mol. The molecule has 0 saturated heterocycles. The van der Waals surface area contributed by atoms with Crippen molar-refractivity contribution in [3.8, 4) is 5.75 Å². The molecule has 1 N–H and O–H groups in total. The van der Waals surface area contributed by atoms with Crippen molar-refractivity contribution in [1.29, 1.82) is 0 Å². The highest BCUT2D eigenvalue weighted by Gasteiger charge is 2.60. The number of carbonyl (C=O) groups is 1. The summed E-state index contributed by atoms with van der Waals surface area (Å²) in [5.74, 6) is 1.25. The number of fused-ring (bicyclic) bond motifs is 5. The first kappa shape index (κ1) is 19.8. The SMILES string of the molecule is CC[C@]12CCC3c4cc(CCc5ccccc5)c(O)cc4CCC3C1C[C@@H](F)C2=O. The Morgan fingerprint density at radius 3 is 2.70 bits per heavy atom. The van der Waals surface area contributed by atoms with Gasteiger partial charge in [0.1, 0.15) is 5.75 Å². The molecule has 5 rings (SSSR count). The van der Waals surface area contributed by atoms with Crippen LogP contribution in [0.15, 0.2) is 42.5 Å². The van der Waals surface area contributed by atoms with Gasteiger partial charge < -0.3 is 5.11 Å². The van der Waals surface area contributed by atoms with Crippen LogP contribution in [0.5, 0.6) is 5.75 Å². The summed E-state index contributed by atoms with van der Waals surface area (Å²) in [4.78, 5) is 12.7. The van der Waals surface area contributed by atoms with Crippen LogP contribution in [0.3, 0.4) is 0 Å². The van der Waals surface area contributed by atoms with Crippen LogP contribution in [0, 0.1) is 17.3 Å². The van der Waals surface area contributed by atoms with Gasteiger partial charge in [0.05, 0.1) is 0 Å². The number of hydrogen-bond acceptors (Lipinski definition) is 2. The van der Waals surface area contributed by atoms with Crippen molar-refractivity contribution in [2.75, 3.05) is 0 Å². The Bertz CT molecular complexity index is 953. The minimum atomic E-state index is -1.27. The largest absolute Gasteiger partial charge is 0.508 e. The molecule has 0 amide bonds. The van der Waals surface area contributed by atoms with Crippen molar-refractivity contribution in [3.63, 3.8) is 0 Å². The zero-order valence-electron chi connectivity index (χ0n) is 17.7. The number of hydrogen-bond donors (Lipinski definition) is 1. The number of alkyl halides is 1. The average molecular weight is 407 g/mol. The van der Waals surface area contributed by atoms with Gasteiger partial charge in [0.2, 0.25) is 0 Å². The number of ketones is 1. The molecular formula is C27H31FO2. The quantitative estimate of drug-likeness (QED) is 0.682. The number of carbonyl (C=O) groups excluding carboxylic acids is 1. The third kappa shape index (κ3) is 3.01. The fourth-order valence-electron chi connectivity index (χ4n) is 6.96. The zero-order valence-corrected chi connectivity index (χ0v) is 17.7. The molecule has 2 fully saturated rings. The molecular weight excluding hydrogens is 375 g/mol. The number of aryl methyl sites for hydroxylation is 3. The Morgan fingerprint density at radius 2 is 1.93 bits per heavy atom. The van der Waals surface area contributed by atoms with Crippen LogP contribution in [0.2, 0.25) is 0 Å². The van der Waals surface area contributed by atoms with Gasteiger partial charge in [-0.05, 0) is 97.4 Å². The molecule has 0 bridgehead atoms. The second kappa shape index (κ2) is 7.51. The number of aromatic hydroxyl groups is 1. The molecule has 0 spiro atoms. The zero-order chi connectivity index (χ0) is 20.9. The van der Waals surface area contributed by atoms with E-state index >= 15 is 0 Å². The van der Waals surface area contributed by atoms with Gasteiger partial charge in [-0.2, -0.15) is 0 Å². The van der Waals surface area contributed by atoms with Crippen LogP contribution in [0.4, 0.5) is 4.39 Å². The number of benzene rings is 2. The molecule has 0 aliphatic heterocycles. The molecule has 2 saturated carbocycles. The monoisotopic (exact) mass is 406 g/mol. The van der Waals surface area contributed by atoms with Crippen LogP contribution >= 0.6 is 0 Å². The molecule has 2 aromatic carbocycles. The summed E-state index contributed by atoms with van der Waals surface area (Å²) in [6.07, 6.45) is 5.34. The van der Waals surface area contributed by atoms with Gasteiger partial charge >= 0.3 is 0 Å². The van der Waals surface area contributed by atoms with Crippen LogP contribution < -0.4 is 0 Å². The molecule has 0 radical (unpaired) electrons. The molecule has 30 heavy (non-hydrogen) atoms. The summed E-state index contributed by atoms with van der Waals surface area (Å²) < 4.78 is 14.5. The van der Waals surface area contributed by atoms with E-state index in [1.54, 1.807) is 0 Å². The Balaban J connectivity index is 1.44. The Hall–Kier alpha value is -2.16. The van der Waals surface area contributed by atoms with Crippen molar-refractivity contribution >= 4 is 5.78 Å². The maximum atomic E-state index is 14.5. The minimum Gasteiger partial charge on any atom is -0.508 e. The fraction of sp³-hybridized carbons (Fsp3) is 0.519. The lowest BCUT2D eigenvalue weighted by Gasteiger charge is -2.49. The molecule has 3 unspecified atom stereocenters. The first-order chi connectivity index (χ1) is 14.5. The van der Waals surface area contributed by atoms with Gasteiger partial charge in [-0.25, -0.2) is 4.39 Å². The van der Waals surface area contributed by atoms with Gasteiger partial charge in [-0.3, -0.25) is 4.79 Å². The Kier molecular flexibility index (Phi) is 4.95. The highest BCUT2D eigenvalue weighted by molar-refractivity contribution is 5.91. The van der Waals surface area contributed by atoms with Crippen LogP contribution in [-0.2, 0) is 24.1 Å². The van der Waals surface area contributed by atoms with E-state index in [1.807, 2.05) is 12.1 Å². The summed E-state index contributed by atoms with van der Waals surface area (Å²) >= 11 is 0. The summed E-state index contributed by atoms with van der Waals surface area (Å²) in [5, 5.41) is 10.6. The van der Waals surface area contributed by atoms with E-state index in [1.165, 1.54) is 16.7 Å². The van der Waals surface area contributed by atoms with Crippen molar-refractivity contribution in [2.45, 2.75) is 70.4 Å². The number of phenolic OH excluding ortho intramolecular Hbond substituents is 1. The van der Waals surface area contributed by atoms with E-state index in [4.69, 9.17) is 0 Å². The third-order valence-electron chi connectivity index (χ3n) is 8.52. The lowest BCUT2D eigenvalue weighted by molar-refractivity contribution is -0.134. The first-order valence-corrected chi connectivity index (χ1v) is 11.6. The maximum Gasteiger partial charge on any atom is 0.173 e. The van der Waals surface area contributed by atoms with E-state index in [0.717, 1.165) is 50.5 Å². The van der Waals surface area contributed by atoms with Crippen molar-refractivity contribution < 1.29 is 14.3 Å². The predicted octanol–water partition coefficient (Wildman–Crippen LogP) is 5.94. The number of rotatable bonds is 4. The molecule has 158 valence electrons. The third-order valence-corrected chi connectivity index (χ3v) is 8.52. The minimum absolute atomic E-state index is 0.117. The van der Waals surface area contributed by atoms with Gasteiger partial charge in [-0.1, -0.05) is 43.3 Å². The molecule has 0 aromatic heterocycles. The maximum absolute atomic E-state index is 14.5. The van der Waals surface area contributed by atoms with E-state index in [0.29, 0.717) is 24.0 Å². The van der Waals surface area contributed by atoms with Crippen molar-refractivity contribution in [2.24, 2.45) is 17.3 Å². The molecule has 2 aromatic rings. The van der Waals surface area contributed by atoms with Crippen LogP contribution in [0.1, 0.15) is 67.2 Å². The van der Waals surface area contributed by atoms with Gasteiger partial charge in [0.15, 0.2) is 12.0 Å². The molecule has 3 heteroatoms. The van der Waals surface area contributed by atoms with Gasteiger partial charge in [0, 0.05) is 5.41 Å². The lowest BCUT2D eigenvalue weighted by Crippen LogP contribution is -2.44. The Morgan fingerprint density at radius 1 is 1.13 bits per heavy atom. The second-order valence-corrected chi connectivity index (χ2v) is 9.70. The number of halogens is 1. The van der Waals surface area contributed by atoms with Crippen LogP contribution in [-0.4, -0.2) is 17.1 Å². The number of Topliss-reactive ketones (excluding diaryl/α,β-unsaturated/α-hetero) is 1. The van der Waals surface area contributed by atoms with E-state index in [-0.39, 0.29) is 11.7 Å². The molecule has 5 atom stereocenters. The molecule has 0 heterocycles. The molecule has 3 aliphatic carbocycles. The summed E-state index contributed by atoms with van der Waals surface area (Å²) in [6, 6.07) is 14.6. The first-order valence-electron chi connectivity index (χ1n) is 11.6. The fourth-order valence-corrected chi connectivity index (χ4v) is 6.96. The molecule has 2 nitrogen and oxygen atoms in total. The summed E-state index contributed by atoms with van der Waals surface area (Å²) in [5.41, 5.74) is 4.47. The standard InChI is InChI=1S/C27H31FO2/c1-2-27-13-12-20-21(23(27)16-24(28)26(27)30)11-10-18-15-25(29)19(14-22(18)20)9-8-17-6-4-3-5-7-17/h3-7,14-15,20-21,23-24,29H,2,8-13,16H2,1H3/t20?,21?,23?,24-,27+/m1/s1. The average Bonchev–Trinajstić information content (AvgIpc) is 3.03. The normalized spacial score (nSPS) is 32.4. The highest BCUT2D eigenvalue weighted by atomic mass is 19.1.